The van der Waals surface area contributed by atoms with E-state index in [9.17, 15) is 48.9 Å². The molecular weight excluding hydrogens is 1150 g/mol. The van der Waals surface area contributed by atoms with Gasteiger partial charge in [0, 0.05) is 91.8 Å². The molecule has 0 radical (unpaired) electrons. The summed E-state index contributed by atoms with van der Waals surface area (Å²) in [5.41, 5.74) is 2.59. The highest BCUT2D eigenvalue weighted by molar-refractivity contribution is 5.98. The molecule has 2 heterocycles. The lowest BCUT2D eigenvalue weighted by Gasteiger charge is -2.52. The predicted molar refractivity (Wildman–Crippen MR) is 337 cm³/mol. The number of hydrogen-bond donors (Lipinski definition) is 5. The summed E-state index contributed by atoms with van der Waals surface area (Å²) in [7, 11) is 9.07. The number of aliphatic carboxylic acids is 3. The number of aromatic nitrogens is 2. The molecule has 3 aliphatic rings. The first-order valence-corrected chi connectivity index (χ1v) is 31.4. The number of hydrogen-bond acceptors (Lipinski definition) is 18. The second-order valence-corrected chi connectivity index (χ2v) is 24.7. The number of ether oxygens (including phenoxy) is 4. The number of benzene rings is 2. The van der Waals surface area contributed by atoms with Gasteiger partial charge >= 0.3 is 17.9 Å². The van der Waals surface area contributed by atoms with Gasteiger partial charge < -0.3 is 64.4 Å². The topological polar surface area (TPSA) is 282 Å². The first-order chi connectivity index (χ1) is 42.6. The molecule has 5 atom stereocenters. The van der Waals surface area contributed by atoms with Gasteiger partial charge in [0.2, 0.25) is 11.8 Å². The van der Waals surface area contributed by atoms with E-state index >= 15 is 0 Å². The van der Waals surface area contributed by atoms with E-state index in [2.05, 4.69) is 67.4 Å². The van der Waals surface area contributed by atoms with Crippen molar-refractivity contribution in [2.24, 2.45) is 23.7 Å². The number of fused-ring (bicyclic) bond motifs is 2. The molecule has 2 saturated carbocycles. The zero-order chi connectivity index (χ0) is 64.8. The van der Waals surface area contributed by atoms with E-state index in [0.717, 1.165) is 81.4 Å². The van der Waals surface area contributed by atoms with Gasteiger partial charge in [0.25, 0.3) is 5.91 Å². The van der Waals surface area contributed by atoms with E-state index in [1.54, 1.807) is 46.7 Å². The summed E-state index contributed by atoms with van der Waals surface area (Å²) in [5.74, 6) is -2.47. The summed E-state index contributed by atoms with van der Waals surface area (Å²) in [6, 6.07) is 13.4. The third-order valence-corrected chi connectivity index (χ3v) is 17.8. The Kier molecular flexibility index (Phi) is 28.1. The quantitative estimate of drug-likeness (QED) is 0.0430. The number of amides is 3. The maximum absolute atomic E-state index is 14.6. The number of carbonyl (C=O) groups excluding carboxylic acids is 4. The lowest BCUT2D eigenvalue weighted by molar-refractivity contribution is -0.155. The molecule has 3 aromatic rings. The van der Waals surface area contributed by atoms with Crippen molar-refractivity contribution < 1.29 is 67.8 Å². The van der Waals surface area contributed by atoms with Gasteiger partial charge in [0.15, 0.2) is 5.69 Å². The second kappa shape index (κ2) is 35.0. The Labute approximate surface area is 524 Å². The first kappa shape index (κ1) is 71.3. The Morgan fingerprint density at radius 2 is 1.33 bits per heavy atom. The molecule has 5 unspecified atom stereocenters. The Bertz CT molecular complexity index is 2790. The number of carboxylic acids is 3. The van der Waals surface area contributed by atoms with Crippen molar-refractivity contribution in [1.29, 1.82) is 0 Å². The molecule has 2 bridgehead atoms. The van der Waals surface area contributed by atoms with Crippen LogP contribution in [0, 0.1) is 23.7 Å². The Hall–Kier alpha value is -6.74. The summed E-state index contributed by atoms with van der Waals surface area (Å²) >= 11 is 0. The molecule has 5 N–H and O–H groups in total. The van der Waals surface area contributed by atoms with Crippen LogP contribution in [0.25, 0.3) is 16.9 Å². The summed E-state index contributed by atoms with van der Waals surface area (Å²) in [6.07, 6.45) is 5.77. The van der Waals surface area contributed by atoms with Crippen molar-refractivity contribution >= 4 is 47.6 Å². The number of carbonyl (C=O) groups is 7. The predicted octanol–water partition coefficient (Wildman–Crippen LogP) is 3.67. The van der Waals surface area contributed by atoms with Crippen molar-refractivity contribution in [3.8, 4) is 28.4 Å². The maximum atomic E-state index is 14.6. The fourth-order valence-electron chi connectivity index (χ4n) is 13.0. The number of anilines is 1. The standard InChI is InChI=1S/C64H99N11O14/c1-45(2)51-39-50(15-16-53(51)75-54(61-55(86-8)13-10-14-56(61)87-9)40-52(67-75)62(83)66-64(63(84)85)47(4)37-48-35-46(3)36-49(64)38-48)69(6)20-11-18-68(5)19-12-21-70(7)58(78)44-89-34-33-88-32-17-65-57(77)41-72-24-22-71(30-31-76)23-25-73(42-59(79)80)28-29-74(27-26-72)43-60(81)82/h10,13-16,31,39-40,45-49H,11-12,17-30,32-38,41-44H2,1-9H3,(H,65,77)(H,66,83)(H,79,80)(H,81,82)(H,84,85). The highest BCUT2D eigenvalue weighted by Gasteiger charge is 2.57. The van der Waals surface area contributed by atoms with Gasteiger partial charge in [0.05, 0.1) is 77.2 Å². The third-order valence-electron chi connectivity index (χ3n) is 17.8. The maximum Gasteiger partial charge on any atom is 0.329 e. The lowest BCUT2D eigenvalue weighted by Crippen LogP contribution is -2.66. The average Bonchev–Trinajstić information content (AvgIpc) is 2.18. The lowest BCUT2D eigenvalue weighted by atomic mass is 9.56. The van der Waals surface area contributed by atoms with E-state index in [1.807, 2.05) is 41.0 Å². The fourth-order valence-corrected chi connectivity index (χ4v) is 13.0. The van der Waals surface area contributed by atoms with Crippen LogP contribution in [0.5, 0.6) is 11.5 Å². The molecule has 25 heteroatoms. The summed E-state index contributed by atoms with van der Waals surface area (Å²) in [4.78, 5) is 102. The van der Waals surface area contributed by atoms with E-state index in [1.165, 1.54) is 0 Å². The van der Waals surface area contributed by atoms with Crippen molar-refractivity contribution in [2.75, 3.05) is 178 Å². The normalized spacial score (nSPS) is 20.7. The number of nitrogens with one attached hydrogen (secondary N) is 2. The number of rotatable bonds is 33. The van der Waals surface area contributed by atoms with Crippen LogP contribution in [0.3, 0.4) is 0 Å². The van der Waals surface area contributed by atoms with Crippen LogP contribution in [-0.4, -0.2) is 275 Å². The van der Waals surface area contributed by atoms with Gasteiger partial charge in [-0.3, -0.25) is 43.6 Å². The minimum absolute atomic E-state index is 0.0428. The minimum Gasteiger partial charge on any atom is -0.496 e. The van der Waals surface area contributed by atoms with Crippen LogP contribution in [0.15, 0.2) is 42.5 Å². The van der Waals surface area contributed by atoms with Crippen molar-refractivity contribution in [3.05, 3.63) is 53.7 Å². The van der Waals surface area contributed by atoms with Crippen LogP contribution in [0.2, 0.25) is 0 Å². The molecule has 89 heavy (non-hydrogen) atoms. The molecule has 1 aliphatic heterocycles. The summed E-state index contributed by atoms with van der Waals surface area (Å²) in [5, 5.41) is 40.8. The monoisotopic (exact) mass is 1250 g/mol. The van der Waals surface area contributed by atoms with Crippen LogP contribution < -0.4 is 25.0 Å². The number of likely N-dealkylation sites (N-methyl/N-ethyl adjacent to an activating group) is 1. The number of carboxylic acid groups (broad SMARTS) is 3. The Balaban J connectivity index is 0.931. The molecule has 1 aromatic heterocycles. The van der Waals surface area contributed by atoms with Gasteiger partial charge in [-0.2, -0.15) is 5.10 Å². The Morgan fingerprint density at radius 1 is 0.730 bits per heavy atom. The molecule has 2 aromatic carbocycles. The van der Waals surface area contributed by atoms with Gasteiger partial charge in [-0.15, -0.1) is 0 Å². The molecule has 0 spiro atoms. The molecule has 2 aliphatic carbocycles. The molecule has 3 fully saturated rings. The minimum atomic E-state index is -1.43. The highest BCUT2D eigenvalue weighted by atomic mass is 16.5. The number of aldehydes is 1. The molecular formula is C64H99N11O14. The van der Waals surface area contributed by atoms with Crippen LogP contribution in [0.1, 0.15) is 88.2 Å². The fraction of sp³-hybridized carbons (Fsp3) is 0.656. The van der Waals surface area contributed by atoms with Gasteiger partial charge in [-0.25, -0.2) is 9.48 Å². The Morgan fingerprint density at radius 3 is 1.91 bits per heavy atom. The van der Waals surface area contributed by atoms with E-state index in [-0.39, 0.29) is 94.4 Å². The van der Waals surface area contributed by atoms with Crippen molar-refractivity contribution in [1.82, 2.24) is 49.8 Å². The van der Waals surface area contributed by atoms with E-state index < -0.39 is 29.4 Å². The zero-order valence-electron chi connectivity index (χ0n) is 54.0. The molecule has 3 amide bonds. The molecule has 6 rings (SSSR count). The first-order valence-electron chi connectivity index (χ1n) is 31.4. The molecule has 1 saturated heterocycles. The number of methoxy groups -OCH3 is 2. The number of nitrogens with zero attached hydrogens (tertiary/aromatic N) is 9. The zero-order valence-corrected chi connectivity index (χ0v) is 54.0. The van der Waals surface area contributed by atoms with E-state index in [4.69, 9.17) is 24.0 Å². The second-order valence-electron chi connectivity index (χ2n) is 24.7. The smallest absolute Gasteiger partial charge is 0.329 e. The highest BCUT2D eigenvalue weighted by Crippen LogP contribution is 2.50. The van der Waals surface area contributed by atoms with Crippen molar-refractivity contribution in [2.45, 2.75) is 77.7 Å². The van der Waals surface area contributed by atoms with E-state index in [0.29, 0.717) is 93.5 Å². The van der Waals surface area contributed by atoms with Gasteiger partial charge in [0.1, 0.15) is 29.9 Å². The third kappa shape index (κ3) is 20.6. The van der Waals surface area contributed by atoms with Gasteiger partial charge in [-0.1, -0.05) is 33.8 Å². The van der Waals surface area contributed by atoms with Crippen LogP contribution in [-0.2, 0) is 38.2 Å². The van der Waals surface area contributed by atoms with Crippen molar-refractivity contribution in [3.63, 3.8) is 0 Å². The molecule has 25 nitrogen and oxygen atoms in total. The largest absolute Gasteiger partial charge is 0.496 e. The average molecular weight is 1250 g/mol. The summed E-state index contributed by atoms with van der Waals surface area (Å²) in [6.45, 7) is 15.1. The van der Waals surface area contributed by atoms with Gasteiger partial charge in [-0.05, 0) is 130 Å². The summed E-state index contributed by atoms with van der Waals surface area (Å²) < 4.78 is 24.8. The van der Waals surface area contributed by atoms with Crippen LogP contribution in [0.4, 0.5) is 5.69 Å². The SMILES string of the molecule is COc1cccc(OC)c1-c1cc(C(=O)NC2(C(=O)O)C(C)CC3CC(C)CC2C3)nn1-c1ccc(N(C)CCCN(C)CCCN(C)C(=O)COCCOCCNC(=O)CN2CCN(CC=O)CCN(CC(=O)O)CCN(CC(=O)O)CC2)cc1C(C)C. The molecule has 494 valence electrons. The van der Waals surface area contributed by atoms with Crippen LogP contribution >= 0.6 is 0 Å².